The van der Waals surface area contributed by atoms with E-state index in [1.165, 1.54) is 5.56 Å². The van der Waals surface area contributed by atoms with E-state index in [9.17, 15) is 57.5 Å². The van der Waals surface area contributed by atoms with Crippen LogP contribution in [0.2, 0.25) is 0 Å². The quantitative estimate of drug-likeness (QED) is 0.0399. The van der Waals surface area contributed by atoms with Gasteiger partial charge in [-0.05, 0) is 21.9 Å². The average Bonchev–Trinajstić information content (AvgIpc) is 3.20. The Labute approximate surface area is 333 Å². The van der Waals surface area contributed by atoms with E-state index >= 15 is 35.1 Å². The Hall–Kier alpha value is -5.22. The molecule has 0 aromatic heterocycles. The lowest BCUT2D eigenvalue weighted by Crippen LogP contribution is -2.81. The summed E-state index contributed by atoms with van der Waals surface area (Å²) in [5.41, 5.74) is -12.1. The summed E-state index contributed by atoms with van der Waals surface area (Å²) in [7, 11) is 0.182. The summed E-state index contributed by atoms with van der Waals surface area (Å²) >= 11 is 0. The van der Waals surface area contributed by atoms with Crippen LogP contribution >= 0.6 is 0 Å². The van der Waals surface area contributed by atoms with Crippen LogP contribution < -0.4 is 21.9 Å². The van der Waals surface area contributed by atoms with E-state index in [1.54, 1.807) is 0 Å². The van der Waals surface area contributed by atoms with Gasteiger partial charge in [0.2, 0.25) is 5.78 Å². The van der Waals surface area contributed by atoms with Gasteiger partial charge in [-0.25, -0.2) is 87.8 Å². The summed E-state index contributed by atoms with van der Waals surface area (Å²) in [5, 5.41) is 0. The number of benzene rings is 5. The molecule has 0 heterocycles. The third-order valence-electron chi connectivity index (χ3n) is 9.20. The highest BCUT2D eigenvalue weighted by Gasteiger charge is 2.52. The molecule has 0 aliphatic rings. The largest absolute Gasteiger partial charge is 0.289 e. The second-order valence-electron chi connectivity index (χ2n) is 14.2. The first-order valence-corrected chi connectivity index (χ1v) is 18.6. The fourth-order valence-corrected chi connectivity index (χ4v) is 7.07. The summed E-state index contributed by atoms with van der Waals surface area (Å²) < 4.78 is 294. The number of rotatable bonds is 7. The minimum absolute atomic E-state index is 0.154. The molecule has 328 valence electrons. The van der Waals surface area contributed by atoms with E-state index in [1.807, 2.05) is 12.1 Å². The molecule has 0 fully saturated rings. The molecule has 0 atom stereocenters. The molecular formula is C38H21BF20OS. The predicted molar refractivity (Wildman–Crippen MR) is 183 cm³/mol. The van der Waals surface area contributed by atoms with E-state index in [0.717, 1.165) is 5.56 Å². The predicted octanol–water partition coefficient (Wildman–Crippen LogP) is 8.89. The topological polar surface area (TPSA) is 17.1 Å². The van der Waals surface area contributed by atoms with Crippen molar-refractivity contribution in [3.8, 4) is 0 Å². The zero-order chi connectivity index (χ0) is 46.7. The Balaban J connectivity index is 0.000000430. The standard InChI is InChI=1S/C24BF20.C14H21OS/c26-5-1(6(27)14(35)21(42)13(5)34)25(2-7(28)15(36)22(43)16(37)8(2)29,3-9(30)17(38)23(44)18(39)10(3)31)4-11(32)19(40)24(45)20(41)12(4)33;1-14(2,3)12-8-6-11(7-9-12)13(15)10-16(4)5/h;6-9H,10H2,1-5H3/q-1;+1. The minimum Gasteiger partial charge on any atom is -0.289 e. The van der Waals surface area contributed by atoms with Crippen molar-refractivity contribution in [2.45, 2.75) is 26.2 Å². The first kappa shape index (κ1) is 48.5. The van der Waals surface area contributed by atoms with Crippen LogP contribution in [-0.4, -0.2) is 30.2 Å². The van der Waals surface area contributed by atoms with Crippen molar-refractivity contribution in [1.82, 2.24) is 0 Å². The summed E-state index contributed by atoms with van der Waals surface area (Å²) in [6.45, 7) is 6.54. The lowest BCUT2D eigenvalue weighted by atomic mass is 9.12. The van der Waals surface area contributed by atoms with Crippen LogP contribution in [0.25, 0.3) is 0 Å². The fraction of sp³-hybridized carbons (Fsp3) is 0.184. The van der Waals surface area contributed by atoms with Crippen LogP contribution in [0.15, 0.2) is 24.3 Å². The highest BCUT2D eigenvalue weighted by Crippen LogP contribution is 2.31. The van der Waals surface area contributed by atoms with Gasteiger partial charge in [-0.15, -0.1) is 21.9 Å². The molecule has 0 aliphatic carbocycles. The van der Waals surface area contributed by atoms with Gasteiger partial charge in [-0.3, -0.25) is 4.79 Å². The van der Waals surface area contributed by atoms with Gasteiger partial charge < -0.3 is 0 Å². The maximum Gasteiger partial charge on any atom is 0.211 e. The molecule has 0 spiro atoms. The maximum atomic E-state index is 15.4. The van der Waals surface area contributed by atoms with E-state index in [4.69, 9.17) is 0 Å². The highest BCUT2D eigenvalue weighted by atomic mass is 32.2. The number of carbonyl (C=O) groups excluding carboxylic acids is 1. The zero-order valence-electron chi connectivity index (χ0n) is 31.0. The number of hydrogen-bond donors (Lipinski definition) is 0. The van der Waals surface area contributed by atoms with Crippen molar-refractivity contribution < 1.29 is 92.6 Å². The number of halogens is 20. The molecule has 5 aromatic carbocycles. The molecule has 5 rings (SSSR count). The van der Waals surface area contributed by atoms with Gasteiger partial charge in [-0.2, -0.15) is 0 Å². The zero-order valence-corrected chi connectivity index (χ0v) is 31.8. The molecule has 0 amide bonds. The number of hydrogen-bond acceptors (Lipinski definition) is 1. The van der Waals surface area contributed by atoms with E-state index in [-0.39, 0.29) is 22.1 Å². The molecule has 5 aromatic rings. The fourth-order valence-electron chi connectivity index (χ4n) is 6.38. The highest BCUT2D eigenvalue weighted by molar-refractivity contribution is 7.96. The molecule has 0 unspecified atom stereocenters. The summed E-state index contributed by atoms with van der Waals surface area (Å²) in [6.07, 6.45) is -3.02. The Morgan fingerprint density at radius 2 is 0.590 bits per heavy atom. The van der Waals surface area contributed by atoms with Crippen molar-refractivity contribution in [3.63, 3.8) is 0 Å². The van der Waals surface area contributed by atoms with Gasteiger partial charge in [0.05, 0.1) is 12.5 Å². The first-order valence-electron chi connectivity index (χ1n) is 16.4. The van der Waals surface area contributed by atoms with Crippen LogP contribution in [0.4, 0.5) is 87.8 Å². The second-order valence-corrected chi connectivity index (χ2v) is 16.4. The molecule has 0 N–H and O–H groups in total. The summed E-state index contributed by atoms with van der Waals surface area (Å²) in [5.74, 6) is -70.5. The smallest absolute Gasteiger partial charge is 0.211 e. The van der Waals surface area contributed by atoms with Crippen LogP contribution in [0.5, 0.6) is 0 Å². The number of Topliss-reactive ketones (excluding diaryl/α,β-unsaturated/α-hetero) is 1. The molecular weight excluding hydrogens is 895 g/mol. The SMILES string of the molecule is C[S+](C)CC(=O)c1ccc(C(C)(C)C)cc1.Fc1c(F)c(F)c([B-](c2c(F)c(F)c(F)c(F)c2F)(c2c(F)c(F)c(F)c(F)c2F)c2c(F)c(F)c(F)c(F)c2F)c(F)c1F. The molecule has 0 radical (unpaired) electrons. The molecule has 61 heavy (non-hydrogen) atoms. The molecule has 23 heteroatoms. The van der Waals surface area contributed by atoms with Gasteiger partial charge in [-0.1, -0.05) is 45.0 Å². The molecule has 0 saturated heterocycles. The van der Waals surface area contributed by atoms with Crippen LogP contribution in [0.1, 0.15) is 36.7 Å². The van der Waals surface area contributed by atoms with Gasteiger partial charge in [0, 0.05) is 5.56 Å². The van der Waals surface area contributed by atoms with Crippen molar-refractivity contribution in [2.75, 3.05) is 18.3 Å². The minimum atomic E-state index is -7.22. The number of ketones is 1. The van der Waals surface area contributed by atoms with Crippen molar-refractivity contribution in [1.29, 1.82) is 0 Å². The van der Waals surface area contributed by atoms with Crippen LogP contribution in [-0.2, 0) is 16.3 Å². The number of carbonyl (C=O) groups is 1. The van der Waals surface area contributed by atoms with Crippen molar-refractivity contribution in [2.24, 2.45) is 0 Å². The summed E-state index contributed by atoms with van der Waals surface area (Å²) in [4.78, 5) is 11.8. The second kappa shape index (κ2) is 17.3. The lowest BCUT2D eigenvalue weighted by molar-refractivity contribution is 0.102. The summed E-state index contributed by atoms with van der Waals surface area (Å²) in [6, 6.07) is 8.04. The van der Waals surface area contributed by atoms with Gasteiger partial charge in [0.15, 0.2) is 75.6 Å². The Kier molecular flexibility index (Phi) is 13.7. The van der Waals surface area contributed by atoms with E-state index in [2.05, 4.69) is 45.4 Å². The maximum absolute atomic E-state index is 15.4. The van der Waals surface area contributed by atoms with Gasteiger partial charge in [0.1, 0.15) is 52.7 Å². The Morgan fingerprint density at radius 3 is 0.770 bits per heavy atom. The van der Waals surface area contributed by atoms with E-state index in [0.29, 0.717) is 5.75 Å². The van der Waals surface area contributed by atoms with E-state index < -0.39 is 144 Å². The average molecular weight is 916 g/mol. The third kappa shape index (κ3) is 7.92. The first-order chi connectivity index (χ1) is 28.0. The van der Waals surface area contributed by atoms with Gasteiger partial charge in [0.25, 0.3) is 0 Å². The van der Waals surface area contributed by atoms with Crippen molar-refractivity contribution in [3.05, 3.63) is 152 Å². The lowest BCUT2D eigenvalue weighted by Gasteiger charge is -2.44. The third-order valence-corrected chi connectivity index (χ3v) is 10.0. The Morgan fingerprint density at radius 1 is 0.393 bits per heavy atom. The monoisotopic (exact) mass is 916 g/mol. The van der Waals surface area contributed by atoms with Crippen LogP contribution in [0, 0.1) is 116 Å². The van der Waals surface area contributed by atoms with Crippen molar-refractivity contribution >= 4 is 44.7 Å². The van der Waals surface area contributed by atoms with Gasteiger partial charge >= 0.3 is 0 Å². The Bertz CT molecular complexity index is 2210. The molecule has 0 bridgehead atoms. The molecule has 1 nitrogen and oxygen atoms in total. The van der Waals surface area contributed by atoms with Crippen LogP contribution in [0.3, 0.4) is 0 Å². The molecule has 0 saturated carbocycles. The molecule has 0 aliphatic heterocycles. The normalized spacial score (nSPS) is 12.0.